The van der Waals surface area contributed by atoms with E-state index in [9.17, 15) is 4.79 Å². The molecule has 2 nitrogen and oxygen atoms in total. The molecule has 1 aliphatic heterocycles. The molecule has 1 heterocycles. The Labute approximate surface area is 81.5 Å². The van der Waals surface area contributed by atoms with Gasteiger partial charge in [-0.2, -0.15) is 0 Å². The molecule has 13 heavy (non-hydrogen) atoms. The molecule has 0 fully saturated rings. The van der Waals surface area contributed by atoms with Gasteiger partial charge in [-0.25, -0.2) is 0 Å². The SMILES string of the molecule is O=C1CCC(Cl)Oc2ccccc21. The third kappa shape index (κ3) is 1.68. The maximum absolute atomic E-state index is 11.5. The van der Waals surface area contributed by atoms with E-state index in [1.807, 2.05) is 12.1 Å². The molecular formula is C10H9ClO2. The van der Waals surface area contributed by atoms with Gasteiger partial charge in [0, 0.05) is 12.8 Å². The monoisotopic (exact) mass is 196 g/mol. The number of carbonyl (C=O) groups excluding carboxylic acids is 1. The molecule has 3 heteroatoms. The quantitative estimate of drug-likeness (QED) is 0.597. The number of ketones is 1. The van der Waals surface area contributed by atoms with E-state index in [1.54, 1.807) is 12.1 Å². The van der Waals surface area contributed by atoms with E-state index in [0.717, 1.165) is 0 Å². The summed E-state index contributed by atoms with van der Waals surface area (Å²) in [7, 11) is 0. The lowest BCUT2D eigenvalue weighted by molar-refractivity contribution is 0.0982. The first kappa shape index (κ1) is 8.57. The van der Waals surface area contributed by atoms with Crippen molar-refractivity contribution in [2.75, 3.05) is 0 Å². The number of fused-ring (bicyclic) bond motifs is 1. The summed E-state index contributed by atoms with van der Waals surface area (Å²) in [6, 6.07) is 7.20. The standard InChI is InChI=1S/C10H9ClO2/c11-10-6-5-8(12)7-3-1-2-4-9(7)13-10/h1-4,10H,5-6H2. The maximum Gasteiger partial charge on any atom is 0.172 e. The van der Waals surface area contributed by atoms with E-state index in [0.29, 0.717) is 24.2 Å². The van der Waals surface area contributed by atoms with E-state index >= 15 is 0 Å². The Balaban J connectivity index is 2.43. The summed E-state index contributed by atoms with van der Waals surface area (Å²) in [6.07, 6.45) is 1.04. The number of hydrogen-bond acceptors (Lipinski definition) is 2. The lowest BCUT2D eigenvalue weighted by atomic mass is 10.1. The number of hydrogen-bond donors (Lipinski definition) is 0. The highest BCUT2D eigenvalue weighted by molar-refractivity contribution is 6.20. The van der Waals surface area contributed by atoms with Crippen LogP contribution in [0.25, 0.3) is 0 Å². The molecule has 1 aliphatic rings. The molecule has 68 valence electrons. The Kier molecular flexibility index (Phi) is 2.23. The topological polar surface area (TPSA) is 26.3 Å². The summed E-state index contributed by atoms with van der Waals surface area (Å²) in [5, 5.41) is 0. The molecule has 0 bridgehead atoms. The van der Waals surface area contributed by atoms with Crippen LogP contribution in [0.5, 0.6) is 5.75 Å². The van der Waals surface area contributed by atoms with Gasteiger partial charge in [0.25, 0.3) is 0 Å². The van der Waals surface area contributed by atoms with Gasteiger partial charge in [0.2, 0.25) is 0 Å². The zero-order valence-electron chi connectivity index (χ0n) is 7.00. The number of carbonyl (C=O) groups is 1. The molecule has 0 N–H and O–H groups in total. The van der Waals surface area contributed by atoms with Gasteiger partial charge in [0.1, 0.15) is 5.75 Å². The number of Topliss-reactive ketones (excluding diaryl/α,β-unsaturated/α-hetero) is 1. The molecule has 1 unspecified atom stereocenters. The molecule has 1 atom stereocenters. The minimum atomic E-state index is -0.382. The van der Waals surface area contributed by atoms with Gasteiger partial charge in [-0.15, -0.1) is 0 Å². The van der Waals surface area contributed by atoms with E-state index in [4.69, 9.17) is 16.3 Å². The molecular weight excluding hydrogens is 188 g/mol. The van der Waals surface area contributed by atoms with Crippen LogP contribution in [-0.2, 0) is 0 Å². The predicted molar refractivity (Wildman–Crippen MR) is 50.3 cm³/mol. The van der Waals surface area contributed by atoms with Crippen LogP contribution < -0.4 is 4.74 Å². The van der Waals surface area contributed by atoms with E-state index < -0.39 is 0 Å². The van der Waals surface area contributed by atoms with Crippen LogP contribution in [-0.4, -0.2) is 11.3 Å². The first-order valence-corrected chi connectivity index (χ1v) is 4.64. The molecule has 2 rings (SSSR count). The van der Waals surface area contributed by atoms with Gasteiger partial charge in [-0.1, -0.05) is 23.7 Å². The third-order valence-electron chi connectivity index (χ3n) is 2.04. The van der Waals surface area contributed by atoms with Crippen LogP contribution in [0, 0.1) is 0 Å². The fourth-order valence-corrected chi connectivity index (χ4v) is 1.58. The summed E-state index contributed by atoms with van der Waals surface area (Å²) in [5.74, 6) is 0.712. The van der Waals surface area contributed by atoms with E-state index in [-0.39, 0.29) is 11.3 Å². The van der Waals surface area contributed by atoms with E-state index in [2.05, 4.69) is 0 Å². The highest BCUT2D eigenvalue weighted by atomic mass is 35.5. The predicted octanol–water partition coefficient (Wildman–Crippen LogP) is 2.61. The van der Waals surface area contributed by atoms with Gasteiger partial charge >= 0.3 is 0 Å². The first-order chi connectivity index (χ1) is 6.27. The molecule has 0 radical (unpaired) electrons. The molecule has 0 saturated carbocycles. The largest absolute Gasteiger partial charge is 0.474 e. The molecule has 1 aromatic rings. The summed E-state index contributed by atoms with van der Waals surface area (Å²) in [6.45, 7) is 0. The second-order valence-corrected chi connectivity index (χ2v) is 3.47. The average Bonchev–Trinajstić information content (AvgIpc) is 2.27. The van der Waals surface area contributed by atoms with Crippen LogP contribution in [0.4, 0.5) is 0 Å². The zero-order chi connectivity index (χ0) is 9.26. The molecule has 0 amide bonds. The minimum absolute atomic E-state index is 0.110. The lowest BCUT2D eigenvalue weighted by Gasteiger charge is -2.08. The smallest absolute Gasteiger partial charge is 0.172 e. The molecule has 0 aliphatic carbocycles. The lowest BCUT2D eigenvalue weighted by Crippen LogP contribution is -2.06. The zero-order valence-corrected chi connectivity index (χ0v) is 7.75. The molecule has 0 aromatic heterocycles. The van der Waals surface area contributed by atoms with Gasteiger partial charge in [-0.05, 0) is 12.1 Å². The highest BCUT2D eigenvalue weighted by Gasteiger charge is 2.20. The van der Waals surface area contributed by atoms with Gasteiger partial charge in [-0.3, -0.25) is 4.79 Å². The van der Waals surface area contributed by atoms with Crippen molar-refractivity contribution in [3.63, 3.8) is 0 Å². The van der Waals surface area contributed by atoms with Gasteiger partial charge in [0.05, 0.1) is 5.56 Å². The van der Waals surface area contributed by atoms with Crippen molar-refractivity contribution < 1.29 is 9.53 Å². The Hall–Kier alpha value is -1.02. The number of rotatable bonds is 0. The van der Waals surface area contributed by atoms with Gasteiger partial charge < -0.3 is 4.74 Å². The molecule has 0 saturated heterocycles. The number of para-hydroxylation sites is 1. The Morgan fingerprint density at radius 2 is 2.15 bits per heavy atom. The van der Waals surface area contributed by atoms with Crippen molar-refractivity contribution in [1.82, 2.24) is 0 Å². The van der Waals surface area contributed by atoms with Crippen LogP contribution in [0.15, 0.2) is 24.3 Å². The van der Waals surface area contributed by atoms with Crippen molar-refractivity contribution in [2.45, 2.75) is 18.4 Å². The van der Waals surface area contributed by atoms with Crippen molar-refractivity contribution in [2.24, 2.45) is 0 Å². The second-order valence-electron chi connectivity index (χ2n) is 2.99. The van der Waals surface area contributed by atoms with Crippen LogP contribution >= 0.6 is 11.6 Å². The third-order valence-corrected chi connectivity index (χ3v) is 2.35. The van der Waals surface area contributed by atoms with Crippen molar-refractivity contribution in [1.29, 1.82) is 0 Å². The fraction of sp³-hybridized carbons (Fsp3) is 0.300. The normalized spacial score (nSPS) is 21.6. The Morgan fingerprint density at radius 3 is 3.00 bits per heavy atom. The van der Waals surface area contributed by atoms with Crippen LogP contribution in [0.1, 0.15) is 23.2 Å². The number of benzene rings is 1. The molecule has 0 spiro atoms. The Morgan fingerprint density at radius 1 is 1.38 bits per heavy atom. The van der Waals surface area contributed by atoms with Crippen LogP contribution in [0.3, 0.4) is 0 Å². The first-order valence-electron chi connectivity index (χ1n) is 4.20. The fourth-order valence-electron chi connectivity index (χ4n) is 1.38. The summed E-state index contributed by atoms with van der Waals surface area (Å²) >= 11 is 5.84. The number of halogens is 1. The Bertz CT molecular complexity index is 335. The minimum Gasteiger partial charge on any atom is -0.474 e. The van der Waals surface area contributed by atoms with Crippen molar-refractivity contribution in [3.8, 4) is 5.75 Å². The highest BCUT2D eigenvalue weighted by Crippen LogP contribution is 2.27. The van der Waals surface area contributed by atoms with Gasteiger partial charge in [0.15, 0.2) is 11.3 Å². The summed E-state index contributed by atoms with van der Waals surface area (Å²) in [5.41, 5.74) is 0.262. The summed E-state index contributed by atoms with van der Waals surface area (Å²) in [4.78, 5) is 11.5. The summed E-state index contributed by atoms with van der Waals surface area (Å²) < 4.78 is 5.37. The van der Waals surface area contributed by atoms with Crippen molar-refractivity contribution in [3.05, 3.63) is 29.8 Å². The average molecular weight is 197 g/mol. The second kappa shape index (κ2) is 3.38. The number of alkyl halides is 1. The number of ether oxygens (including phenoxy) is 1. The maximum atomic E-state index is 11.5. The van der Waals surface area contributed by atoms with Crippen molar-refractivity contribution >= 4 is 17.4 Å². The van der Waals surface area contributed by atoms with Crippen LogP contribution in [0.2, 0.25) is 0 Å². The van der Waals surface area contributed by atoms with E-state index in [1.165, 1.54) is 0 Å². The molecule has 1 aromatic carbocycles.